The van der Waals surface area contributed by atoms with Gasteiger partial charge in [0.05, 0.1) is 23.7 Å². The highest BCUT2D eigenvalue weighted by molar-refractivity contribution is 7.91. The largest absolute Gasteiger partial charge is 0.452 e. The molecular formula is C16H22N2O6S. The van der Waals surface area contributed by atoms with Gasteiger partial charge in [0.15, 0.2) is 16.4 Å². The lowest BCUT2D eigenvalue weighted by Crippen LogP contribution is -2.40. The number of rotatable bonds is 7. The summed E-state index contributed by atoms with van der Waals surface area (Å²) in [7, 11) is -1.58. The van der Waals surface area contributed by atoms with Crippen LogP contribution in [-0.2, 0) is 19.4 Å². The molecule has 0 spiro atoms. The number of para-hydroxylation sites is 1. The first-order chi connectivity index (χ1) is 11.8. The summed E-state index contributed by atoms with van der Waals surface area (Å²) in [6.07, 6.45) is 0.395. The summed E-state index contributed by atoms with van der Waals surface area (Å²) in [5.41, 5.74) is 0.763. The molecule has 0 unspecified atom stereocenters. The minimum Gasteiger partial charge on any atom is -0.452 e. The van der Waals surface area contributed by atoms with Gasteiger partial charge in [0.2, 0.25) is 0 Å². The first kappa shape index (κ1) is 19.2. The average Bonchev–Trinajstić information content (AvgIpc) is 2.97. The maximum absolute atomic E-state index is 12.2. The molecule has 1 heterocycles. The van der Waals surface area contributed by atoms with Crippen LogP contribution in [0.15, 0.2) is 24.3 Å². The third-order valence-corrected chi connectivity index (χ3v) is 5.80. The highest BCUT2D eigenvalue weighted by Gasteiger charge is 2.33. The van der Waals surface area contributed by atoms with Gasteiger partial charge in [0.1, 0.15) is 0 Å². The number of amides is 1. The van der Waals surface area contributed by atoms with Gasteiger partial charge in [-0.25, -0.2) is 13.2 Å². The molecule has 1 amide bonds. The smallest absolute Gasteiger partial charge is 0.340 e. The predicted octanol–water partition coefficient (Wildman–Crippen LogP) is -0.107. The molecule has 1 atom stereocenters. The molecule has 1 aromatic carbocycles. The van der Waals surface area contributed by atoms with E-state index in [2.05, 4.69) is 5.32 Å². The number of esters is 1. The molecule has 2 rings (SSSR count). The van der Waals surface area contributed by atoms with Crippen molar-refractivity contribution in [2.75, 3.05) is 43.6 Å². The number of aliphatic hydroxyl groups is 1. The van der Waals surface area contributed by atoms with Crippen LogP contribution < -0.4 is 5.32 Å². The highest BCUT2D eigenvalue weighted by atomic mass is 32.2. The highest BCUT2D eigenvalue weighted by Crippen LogP contribution is 2.18. The van der Waals surface area contributed by atoms with E-state index in [1.54, 1.807) is 24.3 Å². The minimum atomic E-state index is -3.09. The molecule has 0 saturated carbocycles. The average molecular weight is 370 g/mol. The molecular weight excluding hydrogens is 348 g/mol. The summed E-state index contributed by atoms with van der Waals surface area (Å²) in [4.78, 5) is 25.7. The van der Waals surface area contributed by atoms with Crippen molar-refractivity contribution in [1.82, 2.24) is 4.90 Å². The Hall–Kier alpha value is -2.13. The number of nitrogens with zero attached hydrogens (tertiary/aromatic N) is 1. The van der Waals surface area contributed by atoms with Crippen LogP contribution in [-0.4, -0.2) is 74.7 Å². The van der Waals surface area contributed by atoms with Gasteiger partial charge in [0, 0.05) is 25.3 Å². The summed E-state index contributed by atoms with van der Waals surface area (Å²) < 4.78 is 28.1. The second-order valence-corrected chi connectivity index (χ2v) is 8.06. The Bertz CT molecular complexity index is 734. The van der Waals surface area contributed by atoms with Crippen LogP contribution >= 0.6 is 0 Å². The summed E-state index contributed by atoms with van der Waals surface area (Å²) in [6, 6.07) is 6.24. The van der Waals surface area contributed by atoms with Crippen LogP contribution in [0.2, 0.25) is 0 Å². The van der Waals surface area contributed by atoms with Gasteiger partial charge in [-0.1, -0.05) is 12.1 Å². The lowest BCUT2D eigenvalue weighted by Gasteiger charge is -2.23. The Morgan fingerprint density at radius 3 is 2.72 bits per heavy atom. The molecule has 1 fully saturated rings. The molecule has 1 aliphatic rings. The van der Waals surface area contributed by atoms with E-state index >= 15 is 0 Å². The third-order valence-electron chi connectivity index (χ3n) is 4.05. The summed E-state index contributed by atoms with van der Waals surface area (Å²) in [6.45, 7) is -0.265. The zero-order chi connectivity index (χ0) is 18.4. The maximum atomic E-state index is 12.2. The second kappa shape index (κ2) is 8.30. The second-order valence-electron chi connectivity index (χ2n) is 5.83. The van der Waals surface area contributed by atoms with E-state index in [1.165, 1.54) is 11.9 Å². The molecule has 138 valence electrons. The number of carbonyl (C=O) groups excluding carboxylic acids is 2. The van der Waals surface area contributed by atoms with Crippen molar-refractivity contribution in [3.63, 3.8) is 0 Å². The number of likely N-dealkylation sites (N-methyl/N-ethyl adjacent to an activating group) is 1. The molecule has 25 heavy (non-hydrogen) atoms. The standard InChI is InChI=1S/C16H22N2O6S/c1-18(12-6-9-25(22,23)11-12)15(20)10-24-16(21)13-4-2-3-5-14(13)17-7-8-19/h2-5,12,17,19H,6-11H2,1H3/t12-/m1/s1. The molecule has 2 N–H and O–H groups in total. The first-order valence-electron chi connectivity index (χ1n) is 7.91. The Kier molecular flexibility index (Phi) is 6.38. The Balaban J connectivity index is 1.92. The van der Waals surface area contributed by atoms with E-state index in [-0.39, 0.29) is 36.3 Å². The zero-order valence-electron chi connectivity index (χ0n) is 14.0. The van der Waals surface area contributed by atoms with Gasteiger partial charge in [0.25, 0.3) is 5.91 Å². The molecule has 1 saturated heterocycles. The van der Waals surface area contributed by atoms with Gasteiger partial charge < -0.3 is 20.1 Å². The SMILES string of the molecule is CN(C(=O)COC(=O)c1ccccc1NCCO)[C@@H]1CCS(=O)(=O)C1. The molecule has 0 radical (unpaired) electrons. The number of ether oxygens (including phenoxy) is 1. The fourth-order valence-electron chi connectivity index (χ4n) is 2.60. The number of aliphatic hydroxyl groups excluding tert-OH is 1. The molecule has 9 heteroatoms. The van der Waals surface area contributed by atoms with Crippen LogP contribution in [0.3, 0.4) is 0 Å². The van der Waals surface area contributed by atoms with Gasteiger partial charge >= 0.3 is 5.97 Å². The van der Waals surface area contributed by atoms with Crippen LogP contribution in [0.25, 0.3) is 0 Å². The van der Waals surface area contributed by atoms with Crippen molar-refractivity contribution in [2.24, 2.45) is 0 Å². The molecule has 1 aromatic rings. The van der Waals surface area contributed by atoms with E-state index in [0.29, 0.717) is 12.1 Å². The lowest BCUT2D eigenvalue weighted by molar-refractivity contribution is -0.134. The number of carbonyl (C=O) groups is 2. The Morgan fingerprint density at radius 1 is 1.36 bits per heavy atom. The van der Waals surface area contributed by atoms with Crippen LogP contribution in [0.4, 0.5) is 5.69 Å². The van der Waals surface area contributed by atoms with E-state index in [9.17, 15) is 18.0 Å². The topological polar surface area (TPSA) is 113 Å². The van der Waals surface area contributed by atoms with Gasteiger partial charge in [-0.15, -0.1) is 0 Å². The summed E-state index contributed by atoms with van der Waals surface area (Å²) in [5.74, 6) is -1.10. The Labute approximate surface area is 146 Å². The van der Waals surface area contributed by atoms with Crippen molar-refractivity contribution >= 4 is 27.4 Å². The number of anilines is 1. The van der Waals surface area contributed by atoms with Crippen molar-refractivity contribution in [1.29, 1.82) is 0 Å². The number of benzene rings is 1. The molecule has 0 bridgehead atoms. The lowest BCUT2D eigenvalue weighted by atomic mass is 10.2. The van der Waals surface area contributed by atoms with E-state index in [0.717, 1.165) is 0 Å². The third kappa shape index (κ3) is 5.17. The predicted molar refractivity (Wildman–Crippen MR) is 92.1 cm³/mol. The van der Waals surface area contributed by atoms with E-state index in [1.807, 2.05) is 0 Å². The van der Waals surface area contributed by atoms with E-state index < -0.39 is 28.3 Å². The van der Waals surface area contributed by atoms with Crippen LogP contribution in [0, 0.1) is 0 Å². The van der Waals surface area contributed by atoms with Crippen molar-refractivity contribution in [3.8, 4) is 0 Å². The van der Waals surface area contributed by atoms with Crippen molar-refractivity contribution in [2.45, 2.75) is 12.5 Å². The normalized spacial score (nSPS) is 18.6. The zero-order valence-corrected chi connectivity index (χ0v) is 14.8. The first-order valence-corrected chi connectivity index (χ1v) is 9.73. The van der Waals surface area contributed by atoms with Gasteiger partial charge in [-0.2, -0.15) is 0 Å². The monoisotopic (exact) mass is 370 g/mol. The van der Waals surface area contributed by atoms with Gasteiger partial charge in [-0.3, -0.25) is 4.79 Å². The quantitative estimate of drug-likeness (QED) is 0.644. The molecule has 0 aromatic heterocycles. The van der Waals surface area contributed by atoms with E-state index in [4.69, 9.17) is 9.84 Å². The molecule has 0 aliphatic carbocycles. The fourth-order valence-corrected chi connectivity index (χ4v) is 4.37. The number of hydrogen-bond donors (Lipinski definition) is 2. The van der Waals surface area contributed by atoms with Crippen molar-refractivity contribution < 1.29 is 27.9 Å². The summed E-state index contributed by atoms with van der Waals surface area (Å²) in [5, 5.41) is 11.8. The molecule has 8 nitrogen and oxygen atoms in total. The number of nitrogens with one attached hydrogen (secondary N) is 1. The molecule has 1 aliphatic heterocycles. The fraction of sp³-hybridized carbons (Fsp3) is 0.500. The van der Waals surface area contributed by atoms with Gasteiger partial charge in [-0.05, 0) is 18.6 Å². The van der Waals surface area contributed by atoms with Crippen LogP contribution in [0.5, 0.6) is 0 Å². The van der Waals surface area contributed by atoms with Crippen molar-refractivity contribution in [3.05, 3.63) is 29.8 Å². The minimum absolute atomic E-state index is 0.0584. The maximum Gasteiger partial charge on any atom is 0.340 e. The Morgan fingerprint density at radius 2 is 2.08 bits per heavy atom. The van der Waals surface area contributed by atoms with Crippen LogP contribution in [0.1, 0.15) is 16.8 Å². The number of hydrogen-bond acceptors (Lipinski definition) is 7. The summed E-state index contributed by atoms with van der Waals surface area (Å²) >= 11 is 0. The number of sulfone groups is 1.